The van der Waals surface area contributed by atoms with Crippen LogP contribution in [0.2, 0.25) is 0 Å². The monoisotopic (exact) mass is 265 g/mol. The Kier molecular flexibility index (Phi) is 4.49. The van der Waals surface area contributed by atoms with Crippen LogP contribution >= 0.6 is 12.2 Å². The van der Waals surface area contributed by atoms with Gasteiger partial charge in [0, 0.05) is 31.0 Å². The maximum atomic E-state index is 9.14. The molecular weight excluding hydrogens is 246 g/mol. The largest absolute Gasteiger partial charge is 0.396 e. The van der Waals surface area contributed by atoms with Gasteiger partial charge in [-0.05, 0) is 37.8 Å². The van der Waals surface area contributed by atoms with E-state index in [1.165, 1.54) is 12.8 Å². The Balaban J connectivity index is 2.22. The van der Waals surface area contributed by atoms with E-state index in [0.717, 1.165) is 30.8 Å². The number of aromatic nitrogens is 1. The Labute approximate surface area is 113 Å². The lowest BCUT2D eigenvalue weighted by Crippen LogP contribution is -2.40. The molecule has 1 atom stereocenters. The molecule has 1 aromatic rings. The number of piperidine rings is 1. The molecule has 98 valence electrons. The fourth-order valence-corrected chi connectivity index (χ4v) is 2.61. The highest BCUT2D eigenvalue weighted by Crippen LogP contribution is 2.25. The van der Waals surface area contributed by atoms with Crippen LogP contribution < -0.4 is 10.6 Å². The fraction of sp³-hybridized carbons (Fsp3) is 0.538. The molecule has 5 heteroatoms. The van der Waals surface area contributed by atoms with Gasteiger partial charge < -0.3 is 15.7 Å². The maximum absolute atomic E-state index is 9.14. The number of rotatable bonds is 4. The second-order valence-corrected chi connectivity index (χ2v) is 5.06. The van der Waals surface area contributed by atoms with Gasteiger partial charge in [0.15, 0.2) is 0 Å². The zero-order valence-corrected chi connectivity index (χ0v) is 11.2. The van der Waals surface area contributed by atoms with Gasteiger partial charge in [-0.2, -0.15) is 0 Å². The first-order chi connectivity index (χ1) is 8.72. The minimum Gasteiger partial charge on any atom is -0.396 e. The summed E-state index contributed by atoms with van der Waals surface area (Å²) in [4.78, 5) is 7.07. The Morgan fingerprint density at radius 2 is 2.39 bits per heavy atom. The van der Waals surface area contributed by atoms with Crippen molar-refractivity contribution in [1.82, 2.24) is 4.98 Å². The Morgan fingerprint density at radius 1 is 1.56 bits per heavy atom. The van der Waals surface area contributed by atoms with Gasteiger partial charge >= 0.3 is 0 Å². The first-order valence-electron chi connectivity index (χ1n) is 6.35. The Bertz CT molecular complexity index is 422. The van der Waals surface area contributed by atoms with E-state index < -0.39 is 0 Å². The third-order valence-electron chi connectivity index (χ3n) is 3.41. The number of thiocarbonyl (C=S) groups is 1. The molecule has 0 saturated carbocycles. The van der Waals surface area contributed by atoms with Crippen LogP contribution in [0.1, 0.15) is 31.2 Å². The van der Waals surface area contributed by atoms with Crippen molar-refractivity contribution >= 4 is 23.0 Å². The average Bonchev–Trinajstić information content (AvgIpc) is 2.40. The lowest BCUT2D eigenvalue weighted by Gasteiger charge is -2.36. The highest BCUT2D eigenvalue weighted by atomic mass is 32.1. The van der Waals surface area contributed by atoms with E-state index in [4.69, 9.17) is 23.1 Å². The Hall–Kier alpha value is -1.20. The van der Waals surface area contributed by atoms with Crippen molar-refractivity contribution in [2.75, 3.05) is 18.1 Å². The van der Waals surface area contributed by atoms with Crippen molar-refractivity contribution in [3.8, 4) is 0 Å². The van der Waals surface area contributed by atoms with E-state index in [1.807, 2.05) is 12.1 Å². The van der Waals surface area contributed by atoms with Gasteiger partial charge in [-0.3, -0.25) is 0 Å². The first-order valence-corrected chi connectivity index (χ1v) is 6.76. The lowest BCUT2D eigenvalue weighted by atomic mass is 9.99. The summed E-state index contributed by atoms with van der Waals surface area (Å²) in [7, 11) is 0. The first kappa shape index (κ1) is 13.2. The number of anilines is 1. The van der Waals surface area contributed by atoms with Crippen LogP contribution in [0.4, 0.5) is 5.82 Å². The third-order valence-corrected chi connectivity index (χ3v) is 3.65. The molecule has 0 radical (unpaired) electrons. The molecule has 4 nitrogen and oxygen atoms in total. The number of hydrogen-bond acceptors (Lipinski definition) is 4. The zero-order chi connectivity index (χ0) is 13.0. The number of aliphatic hydroxyl groups is 1. The van der Waals surface area contributed by atoms with E-state index >= 15 is 0 Å². The quantitative estimate of drug-likeness (QED) is 0.807. The lowest BCUT2D eigenvalue weighted by molar-refractivity contribution is 0.262. The van der Waals surface area contributed by atoms with Crippen LogP contribution in [0, 0.1) is 0 Å². The number of nitrogens with two attached hydrogens (primary N) is 1. The van der Waals surface area contributed by atoms with Crippen molar-refractivity contribution in [2.45, 2.75) is 31.7 Å². The molecule has 18 heavy (non-hydrogen) atoms. The second kappa shape index (κ2) is 6.11. The van der Waals surface area contributed by atoms with Gasteiger partial charge in [-0.25, -0.2) is 4.98 Å². The van der Waals surface area contributed by atoms with Gasteiger partial charge in [0.1, 0.15) is 10.8 Å². The van der Waals surface area contributed by atoms with Gasteiger partial charge in [-0.1, -0.05) is 12.2 Å². The molecule has 1 fully saturated rings. The molecule has 0 aliphatic carbocycles. The molecule has 0 bridgehead atoms. The third kappa shape index (κ3) is 2.97. The van der Waals surface area contributed by atoms with Crippen molar-refractivity contribution < 1.29 is 5.11 Å². The minimum absolute atomic E-state index is 0.218. The summed E-state index contributed by atoms with van der Waals surface area (Å²) in [5.41, 5.74) is 6.50. The average molecular weight is 265 g/mol. The second-order valence-electron chi connectivity index (χ2n) is 4.62. The standard InChI is InChI=1S/C13H19N3OS/c14-13(18)10-4-6-15-12(9-10)16-7-2-1-3-11(16)5-8-17/h4,6,9,11,17H,1-3,5,7-8H2,(H2,14,18). The normalized spacial score (nSPS) is 19.8. The van der Waals surface area contributed by atoms with Crippen molar-refractivity contribution in [2.24, 2.45) is 5.73 Å². The molecule has 1 saturated heterocycles. The molecule has 0 aromatic carbocycles. The van der Waals surface area contributed by atoms with Crippen molar-refractivity contribution in [3.63, 3.8) is 0 Å². The summed E-state index contributed by atoms with van der Waals surface area (Å²) in [6, 6.07) is 4.15. The maximum Gasteiger partial charge on any atom is 0.129 e. The molecule has 2 rings (SSSR count). The number of nitrogens with zero attached hydrogens (tertiary/aromatic N) is 2. The summed E-state index contributed by atoms with van der Waals surface area (Å²) >= 11 is 5.00. The predicted molar refractivity (Wildman–Crippen MR) is 76.8 cm³/mol. The summed E-state index contributed by atoms with van der Waals surface area (Å²) in [5, 5.41) is 9.14. The van der Waals surface area contributed by atoms with E-state index in [-0.39, 0.29) is 6.61 Å². The van der Waals surface area contributed by atoms with E-state index in [1.54, 1.807) is 6.20 Å². The van der Waals surface area contributed by atoms with E-state index in [0.29, 0.717) is 11.0 Å². The SMILES string of the molecule is NC(=S)c1ccnc(N2CCCCC2CCO)c1. The Morgan fingerprint density at radius 3 is 3.11 bits per heavy atom. The molecule has 1 aromatic heterocycles. The van der Waals surface area contributed by atoms with Gasteiger partial charge in [-0.15, -0.1) is 0 Å². The van der Waals surface area contributed by atoms with Gasteiger partial charge in [0.05, 0.1) is 0 Å². The highest BCUT2D eigenvalue weighted by Gasteiger charge is 2.23. The summed E-state index contributed by atoms with van der Waals surface area (Å²) in [6.07, 6.45) is 6.03. The summed E-state index contributed by atoms with van der Waals surface area (Å²) in [5.74, 6) is 0.915. The van der Waals surface area contributed by atoms with Gasteiger partial charge in [0.25, 0.3) is 0 Å². The molecule has 0 spiro atoms. The summed E-state index contributed by atoms with van der Waals surface area (Å²) in [6.45, 7) is 1.20. The minimum atomic E-state index is 0.218. The zero-order valence-electron chi connectivity index (χ0n) is 10.4. The van der Waals surface area contributed by atoms with Crippen LogP contribution in [0.15, 0.2) is 18.3 Å². The smallest absolute Gasteiger partial charge is 0.129 e. The van der Waals surface area contributed by atoms with Crippen molar-refractivity contribution in [3.05, 3.63) is 23.9 Å². The van der Waals surface area contributed by atoms with Gasteiger partial charge in [0.2, 0.25) is 0 Å². The van der Waals surface area contributed by atoms with Crippen LogP contribution in [0.25, 0.3) is 0 Å². The molecule has 2 heterocycles. The predicted octanol–water partition coefficient (Wildman–Crippen LogP) is 1.46. The van der Waals surface area contributed by atoms with Crippen LogP contribution in [0.3, 0.4) is 0 Å². The molecular formula is C13H19N3OS. The summed E-state index contributed by atoms with van der Waals surface area (Å²) < 4.78 is 0. The molecule has 3 N–H and O–H groups in total. The van der Waals surface area contributed by atoms with Crippen LogP contribution in [0.5, 0.6) is 0 Å². The molecule has 1 aliphatic rings. The number of hydrogen-bond donors (Lipinski definition) is 2. The molecule has 0 amide bonds. The molecule has 1 aliphatic heterocycles. The van der Waals surface area contributed by atoms with E-state index in [2.05, 4.69) is 9.88 Å². The van der Waals surface area contributed by atoms with Crippen molar-refractivity contribution in [1.29, 1.82) is 0 Å². The van der Waals surface area contributed by atoms with Crippen LogP contribution in [-0.2, 0) is 0 Å². The number of aliphatic hydroxyl groups excluding tert-OH is 1. The van der Waals surface area contributed by atoms with Crippen LogP contribution in [-0.4, -0.2) is 34.3 Å². The highest BCUT2D eigenvalue weighted by molar-refractivity contribution is 7.80. The van der Waals surface area contributed by atoms with E-state index in [9.17, 15) is 0 Å². The fourth-order valence-electron chi connectivity index (χ4n) is 2.48. The molecule has 1 unspecified atom stereocenters. The topological polar surface area (TPSA) is 62.4 Å². The number of pyridine rings is 1.